The van der Waals surface area contributed by atoms with Crippen molar-refractivity contribution in [1.29, 1.82) is 5.26 Å². The van der Waals surface area contributed by atoms with Gasteiger partial charge in [0.05, 0.1) is 18.2 Å². The summed E-state index contributed by atoms with van der Waals surface area (Å²) in [6, 6.07) is 10.2. The fourth-order valence-electron chi connectivity index (χ4n) is 1.70. The number of halogens is 1. The van der Waals surface area contributed by atoms with E-state index in [-0.39, 0.29) is 12.1 Å². The maximum Gasteiger partial charge on any atom is 0.0988 e. The first-order valence-corrected chi connectivity index (χ1v) is 6.00. The maximum atomic E-state index is 12.1. The van der Waals surface area contributed by atoms with Crippen molar-refractivity contribution in [3.63, 3.8) is 0 Å². The quantitative estimate of drug-likeness (QED) is 0.728. The van der Waals surface area contributed by atoms with E-state index < -0.39 is 0 Å². The van der Waals surface area contributed by atoms with Gasteiger partial charge in [-0.05, 0) is 24.5 Å². The summed E-state index contributed by atoms with van der Waals surface area (Å²) in [6.07, 6.45) is 1.88. The Labute approximate surface area is 93.3 Å². The van der Waals surface area contributed by atoms with Crippen molar-refractivity contribution in [2.45, 2.75) is 23.2 Å². The Kier molecular flexibility index (Phi) is 2.97. The standard InChI is InChI=1S/C12H12FNS/c13-7-8-15-11-4-2-1-3-10(11)12(9-14)5-6-12/h1-4H,5-8H2. The van der Waals surface area contributed by atoms with Gasteiger partial charge in [0, 0.05) is 10.6 Å². The van der Waals surface area contributed by atoms with Crippen molar-refractivity contribution in [2.24, 2.45) is 0 Å². The van der Waals surface area contributed by atoms with Crippen molar-refractivity contribution in [3.05, 3.63) is 29.8 Å². The van der Waals surface area contributed by atoms with E-state index in [1.807, 2.05) is 24.3 Å². The van der Waals surface area contributed by atoms with Crippen LogP contribution in [-0.2, 0) is 5.41 Å². The van der Waals surface area contributed by atoms with Gasteiger partial charge in [0.25, 0.3) is 0 Å². The first-order chi connectivity index (χ1) is 7.32. The Hall–Kier alpha value is -1.01. The number of rotatable bonds is 4. The van der Waals surface area contributed by atoms with Gasteiger partial charge >= 0.3 is 0 Å². The van der Waals surface area contributed by atoms with Crippen molar-refractivity contribution in [2.75, 3.05) is 12.4 Å². The molecule has 3 heteroatoms. The number of benzene rings is 1. The van der Waals surface area contributed by atoms with Crippen LogP contribution in [0.25, 0.3) is 0 Å². The van der Waals surface area contributed by atoms with Crippen LogP contribution in [0.15, 0.2) is 29.2 Å². The number of nitrogens with zero attached hydrogens (tertiary/aromatic N) is 1. The van der Waals surface area contributed by atoms with Crippen molar-refractivity contribution >= 4 is 11.8 Å². The zero-order valence-electron chi connectivity index (χ0n) is 8.37. The van der Waals surface area contributed by atoms with Gasteiger partial charge in [0.15, 0.2) is 0 Å². The lowest BCUT2D eigenvalue weighted by Crippen LogP contribution is -2.04. The predicted molar refractivity (Wildman–Crippen MR) is 59.7 cm³/mol. The van der Waals surface area contributed by atoms with Crippen LogP contribution in [-0.4, -0.2) is 12.4 Å². The highest BCUT2D eigenvalue weighted by molar-refractivity contribution is 7.99. The lowest BCUT2D eigenvalue weighted by Gasteiger charge is -2.11. The number of alkyl halides is 1. The van der Waals surface area contributed by atoms with Gasteiger partial charge in [0.1, 0.15) is 0 Å². The number of hydrogen-bond donors (Lipinski definition) is 0. The molecular weight excluding hydrogens is 209 g/mol. The Bertz CT molecular complexity index is 393. The maximum absolute atomic E-state index is 12.1. The van der Waals surface area contributed by atoms with E-state index in [9.17, 15) is 4.39 Å². The molecule has 0 spiro atoms. The van der Waals surface area contributed by atoms with Crippen LogP contribution < -0.4 is 0 Å². The van der Waals surface area contributed by atoms with Crippen LogP contribution >= 0.6 is 11.8 Å². The fourth-order valence-corrected chi connectivity index (χ4v) is 2.59. The molecule has 0 radical (unpaired) electrons. The summed E-state index contributed by atoms with van der Waals surface area (Å²) >= 11 is 1.50. The van der Waals surface area contributed by atoms with Gasteiger partial charge in [-0.1, -0.05) is 18.2 Å². The molecule has 0 saturated heterocycles. The van der Waals surface area contributed by atoms with Crippen LogP contribution in [0.3, 0.4) is 0 Å². The third-order valence-electron chi connectivity index (χ3n) is 2.70. The molecule has 1 aliphatic rings. The van der Waals surface area contributed by atoms with E-state index in [1.165, 1.54) is 11.8 Å². The normalized spacial score (nSPS) is 17.1. The van der Waals surface area contributed by atoms with E-state index >= 15 is 0 Å². The molecule has 0 amide bonds. The Morgan fingerprint density at radius 1 is 1.40 bits per heavy atom. The topological polar surface area (TPSA) is 23.8 Å². The van der Waals surface area contributed by atoms with Gasteiger partial charge in [-0.2, -0.15) is 5.26 Å². The van der Waals surface area contributed by atoms with Crippen molar-refractivity contribution in [3.8, 4) is 6.07 Å². The highest BCUT2D eigenvalue weighted by Gasteiger charge is 2.46. The van der Waals surface area contributed by atoms with Crippen molar-refractivity contribution < 1.29 is 4.39 Å². The fraction of sp³-hybridized carbons (Fsp3) is 0.417. The molecule has 1 fully saturated rings. The van der Waals surface area contributed by atoms with Crippen LogP contribution in [0.1, 0.15) is 18.4 Å². The van der Waals surface area contributed by atoms with E-state index in [1.54, 1.807) is 0 Å². The van der Waals surface area contributed by atoms with Gasteiger partial charge in [-0.3, -0.25) is 4.39 Å². The van der Waals surface area contributed by atoms with E-state index in [0.717, 1.165) is 23.3 Å². The highest BCUT2D eigenvalue weighted by Crippen LogP contribution is 2.50. The monoisotopic (exact) mass is 221 g/mol. The summed E-state index contributed by atoms with van der Waals surface area (Å²) in [5.41, 5.74) is 0.825. The molecular formula is C12H12FNS. The summed E-state index contributed by atoms with van der Waals surface area (Å²) in [5, 5.41) is 9.13. The predicted octanol–water partition coefficient (Wildman–Crippen LogP) is 3.30. The van der Waals surface area contributed by atoms with E-state index in [2.05, 4.69) is 6.07 Å². The average Bonchev–Trinajstić information content (AvgIpc) is 3.08. The zero-order valence-corrected chi connectivity index (χ0v) is 9.19. The summed E-state index contributed by atoms with van der Waals surface area (Å²) in [6.45, 7) is -0.321. The third kappa shape index (κ3) is 2.00. The summed E-state index contributed by atoms with van der Waals surface area (Å²) in [5.74, 6) is 0.471. The lowest BCUT2D eigenvalue weighted by molar-refractivity contribution is 0.533. The molecule has 1 aromatic carbocycles. The largest absolute Gasteiger partial charge is 0.250 e. The minimum Gasteiger partial charge on any atom is -0.250 e. The van der Waals surface area contributed by atoms with E-state index in [0.29, 0.717) is 5.75 Å². The molecule has 2 rings (SSSR count). The average molecular weight is 221 g/mol. The molecule has 15 heavy (non-hydrogen) atoms. The molecule has 1 saturated carbocycles. The molecule has 0 unspecified atom stereocenters. The molecule has 0 aromatic heterocycles. The summed E-state index contributed by atoms with van der Waals surface area (Å²) in [4.78, 5) is 1.06. The number of nitriles is 1. The number of hydrogen-bond acceptors (Lipinski definition) is 2. The SMILES string of the molecule is N#CC1(c2ccccc2SCCF)CC1. The molecule has 0 bridgehead atoms. The lowest BCUT2D eigenvalue weighted by atomic mass is 9.98. The van der Waals surface area contributed by atoms with Gasteiger partial charge < -0.3 is 0 Å². The molecule has 1 aromatic rings. The van der Waals surface area contributed by atoms with E-state index in [4.69, 9.17) is 5.26 Å². The Morgan fingerprint density at radius 3 is 2.73 bits per heavy atom. The zero-order chi connectivity index (χ0) is 10.7. The molecule has 0 N–H and O–H groups in total. The third-order valence-corrected chi connectivity index (χ3v) is 3.73. The number of thioether (sulfide) groups is 1. The Morgan fingerprint density at radius 2 is 2.13 bits per heavy atom. The molecule has 0 aliphatic heterocycles. The Balaban J connectivity index is 2.27. The second kappa shape index (κ2) is 4.24. The van der Waals surface area contributed by atoms with Gasteiger partial charge in [0.2, 0.25) is 0 Å². The molecule has 0 heterocycles. The van der Waals surface area contributed by atoms with Crippen LogP contribution in [0, 0.1) is 11.3 Å². The second-order valence-corrected chi connectivity index (χ2v) is 4.86. The molecule has 1 nitrogen and oxygen atoms in total. The smallest absolute Gasteiger partial charge is 0.0988 e. The van der Waals surface area contributed by atoms with Crippen LogP contribution in [0.2, 0.25) is 0 Å². The minimum absolute atomic E-state index is 0.264. The minimum atomic E-state index is -0.321. The summed E-state index contributed by atoms with van der Waals surface area (Å²) in [7, 11) is 0. The highest BCUT2D eigenvalue weighted by atomic mass is 32.2. The first kappa shape index (κ1) is 10.5. The molecule has 78 valence electrons. The molecule has 0 atom stereocenters. The summed E-state index contributed by atoms with van der Waals surface area (Å²) < 4.78 is 12.1. The van der Waals surface area contributed by atoms with Gasteiger partial charge in [-0.15, -0.1) is 11.8 Å². The first-order valence-electron chi connectivity index (χ1n) is 5.02. The van der Waals surface area contributed by atoms with Gasteiger partial charge in [-0.25, -0.2) is 0 Å². The van der Waals surface area contributed by atoms with Crippen molar-refractivity contribution in [1.82, 2.24) is 0 Å². The van der Waals surface area contributed by atoms with Crippen LogP contribution in [0.4, 0.5) is 4.39 Å². The second-order valence-electron chi connectivity index (χ2n) is 3.73. The molecule has 1 aliphatic carbocycles. The van der Waals surface area contributed by atoms with Crippen LogP contribution in [0.5, 0.6) is 0 Å².